The van der Waals surface area contributed by atoms with Gasteiger partial charge in [-0.1, -0.05) is 75.1 Å². The summed E-state index contributed by atoms with van der Waals surface area (Å²) in [6, 6.07) is 10.9. The molecule has 2 atom stereocenters. The van der Waals surface area contributed by atoms with Gasteiger partial charge in [0, 0.05) is 12.1 Å². The summed E-state index contributed by atoms with van der Waals surface area (Å²) in [5.74, 6) is 0. The van der Waals surface area contributed by atoms with Crippen molar-refractivity contribution in [2.45, 2.75) is 64.5 Å². The predicted molar refractivity (Wildman–Crippen MR) is 94.5 cm³/mol. The van der Waals surface area contributed by atoms with Gasteiger partial charge in [-0.05, 0) is 31.0 Å². The molecule has 2 heteroatoms. The fourth-order valence-corrected chi connectivity index (χ4v) is 6.58. The van der Waals surface area contributed by atoms with E-state index in [4.69, 9.17) is 4.43 Å². The first-order chi connectivity index (χ1) is 10.2. The van der Waals surface area contributed by atoms with Crippen LogP contribution in [-0.4, -0.2) is 14.9 Å². The standard InChI is InChI=1S/C19H30OSi/c1-4-5-6-7-9-12-18-15-16-20-21(3,17(18)2)19-13-10-8-11-14-19/h8,10-14,17H,4-7,9,15-16H2,1-3H3/b18-12+. The molecule has 2 rings (SSSR count). The molecule has 1 aliphatic rings. The zero-order valence-corrected chi connectivity index (χ0v) is 14.9. The van der Waals surface area contributed by atoms with Crippen LogP contribution in [0.5, 0.6) is 0 Å². The number of allylic oxidation sites excluding steroid dienone is 1. The lowest BCUT2D eigenvalue weighted by molar-refractivity contribution is 0.290. The minimum Gasteiger partial charge on any atom is -0.412 e. The van der Waals surface area contributed by atoms with Crippen molar-refractivity contribution in [2.75, 3.05) is 6.61 Å². The molecule has 1 aliphatic heterocycles. The van der Waals surface area contributed by atoms with E-state index >= 15 is 0 Å². The van der Waals surface area contributed by atoms with Crippen LogP contribution in [0.15, 0.2) is 42.0 Å². The second kappa shape index (κ2) is 7.95. The van der Waals surface area contributed by atoms with Gasteiger partial charge in [-0.15, -0.1) is 0 Å². The Morgan fingerprint density at radius 2 is 1.95 bits per heavy atom. The average Bonchev–Trinajstić information content (AvgIpc) is 2.52. The number of hydrogen-bond acceptors (Lipinski definition) is 1. The molecule has 0 bridgehead atoms. The van der Waals surface area contributed by atoms with Gasteiger partial charge >= 0.3 is 0 Å². The third-order valence-electron chi connectivity index (χ3n) is 4.99. The summed E-state index contributed by atoms with van der Waals surface area (Å²) < 4.78 is 6.34. The first kappa shape index (κ1) is 16.5. The van der Waals surface area contributed by atoms with Gasteiger partial charge in [-0.2, -0.15) is 0 Å². The van der Waals surface area contributed by atoms with Gasteiger partial charge in [0.1, 0.15) is 0 Å². The molecule has 0 radical (unpaired) electrons. The van der Waals surface area contributed by atoms with E-state index in [1.807, 2.05) is 0 Å². The van der Waals surface area contributed by atoms with Gasteiger partial charge in [0.25, 0.3) is 0 Å². The minimum atomic E-state index is -1.82. The van der Waals surface area contributed by atoms with Crippen molar-refractivity contribution < 1.29 is 4.43 Å². The van der Waals surface area contributed by atoms with E-state index in [1.54, 1.807) is 5.57 Å². The lowest BCUT2D eigenvalue weighted by Gasteiger charge is -2.39. The molecule has 21 heavy (non-hydrogen) atoms. The van der Waals surface area contributed by atoms with Crippen LogP contribution in [0.4, 0.5) is 0 Å². The highest BCUT2D eigenvalue weighted by Crippen LogP contribution is 2.36. The smallest absolute Gasteiger partial charge is 0.227 e. The molecule has 1 saturated heterocycles. The van der Waals surface area contributed by atoms with Crippen LogP contribution < -0.4 is 5.19 Å². The normalized spacial score (nSPS) is 28.0. The van der Waals surface area contributed by atoms with Crippen LogP contribution >= 0.6 is 0 Å². The van der Waals surface area contributed by atoms with E-state index in [9.17, 15) is 0 Å². The molecular weight excluding hydrogens is 272 g/mol. The summed E-state index contributed by atoms with van der Waals surface area (Å²) >= 11 is 0. The second-order valence-electron chi connectivity index (χ2n) is 6.42. The molecule has 1 heterocycles. The topological polar surface area (TPSA) is 9.23 Å². The molecule has 0 N–H and O–H groups in total. The van der Waals surface area contributed by atoms with E-state index in [0.29, 0.717) is 5.54 Å². The Kier molecular flexibility index (Phi) is 6.25. The van der Waals surface area contributed by atoms with Gasteiger partial charge in [-0.25, -0.2) is 0 Å². The van der Waals surface area contributed by atoms with Crippen molar-refractivity contribution in [1.29, 1.82) is 0 Å². The van der Waals surface area contributed by atoms with Crippen LogP contribution in [0, 0.1) is 0 Å². The highest BCUT2D eigenvalue weighted by atomic mass is 28.4. The largest absolute Gasteiger partial charge is 0.412 e. The fourth-order valence-electron chi connectivity index (χ4n) is 3.32. The molecule has 0 aromatic heterocycles. The van der Waals surface area contributed by atoms with Crippen molar-refractivity contribution in [2.24, 2.45) is 0 Å². The third kappa shape index (κ3) is 4.07. The molecule has 0 aliphatic carbocycles. The minimum absolute atomic E-state index is 0.597. The molecule has 1 aromatic carbocycles. The molecule has 1 aromatic rings. The fraction of sp³-hybridized carbons (Fsp3) is 0.579. The van der Waals surface area contributed by atoms with Crippen molar-refractivity contribution in [3.63, 3.8) is 0 Å². The van der Waals surface area contributed by atoms with E-state index in [0.717, 1.165) is 13.0 Å². The molecule has 0 spiro atoms. The Morgan fingerprint density at radius 3 is 2.67 bits per heavy atom. The number of hydrogen-bond donors (Lipinski definition) is 0. The van der Waals surface area contributed by atoms with Crippen LogP contribution in [0.3, 0.4) is 0 Å². The van der Waals surface area contributed by atoms with E-state index < -0.39 is 8.32 Å². The van der Waals surface area contributed by atoms with E-state index in [-0.39, 0.29) is 0 Å². The van der Waals surface area contributed by atoms with Crippen LogP contribution in [-0.2, 0) is 4.43 Å². The third-order valence-corrected chi connectivity index (χ3v) is 9.29. The van der Waals surface area contributed by atoms with Crippen LogP contribution in [0.2, 0.25) is 12.1 Å². The Bertz CT molecular complexity index is 454. The maximum absolute atomic E-state index is 6.34. The first-order valence-electron chi connectivity index (χ1n) is 8.57. The Balaban J connectivity index is 2.04. The van der Waals surface area contributed by atoms with Gasteiger partial charge in [0.05, 0.1) is 0 Å². The highest BCUT2D eigenvalue weighted by Gasteiger charge is 2.42. The van der Waals surface area contributed by atoms with Gasteiger partial charge < -0.3 is 4.43 Å². The highest BCUT2D eigenvalue weighted by molar-refractivity contribution is 6.87. The number of unbranched alkanes of at least 4 members (excludes halogenated alkanes) is 4. The van der Waals surface area contributed by atoms with Crippen LogP contribution in [0.1, 0.15) is 52.4 Å². The molecule has 0 amide bonds. The Morgan fingerprint density at radius 1 is 1.19 bits per heavy atom. The van der Waals surface area contributed by atoms with Crippen molar-refractivity contribution in [3.05, 3.63) is 42.0 Å². The lowest BCUT2D eigenvalue weighted by Crippen LogP contribution is -2.54. The van der Waals surface area contributed by atoms with E-state index in [2.05, 4.69) is 56.8 Å². The van der Waals surface area contributed by atoms with Crippen molar-refractivity contribution in [1.82, 2.24) is 0 Å². The summed E-state index contributed by atoms with van der Waals surface area (Å²) in [7, 11) is -1.82. The quantitative estimate of drug-likeness (QED) is 0.400. The Hall–Kier alpha value is -0.863. The maximum Gasteiger partial charge on any atom is 0.227 e. The Labute approximate surface area is 131 Å². The molecule has 116 valence electrons. The average molecular weight is 303 g/mol. The summed E-state index contributed by atoms with van der Waals surface area (Å²) in [6.07, 6.45) is 10.3. The monoisotopic (exact) mass is 302 g/mol. The zero-order chi connectivity index (χ0) is 15.1. The summed E-state index contributed by atoms with van der Waals surface area (Å²) in [4.78, 5) is 0. The summed E-state index contributed by atoms with van der Waals surface area (Å²) in [5, 5.41) is 1.44. The molecule has 1 fully saturated rings. The molecule has 1 nitrogen and oxygen atoms in total. The van der Waals surface area contributed by atoms with Gasteiger partial charge in [0.15, 0.2) is 0 Å². The van der Waals surface area contributed by atoms with E-state index in [1.165, 1.54) is 37.3 Å². The van der Waals surface area contributed by atoms with Crippen molar-refractivity contribution >= 4 is 13.5 Å². The molecule has 0 saturated carbocycles. The SMILES string of the molecule is CCCCCC/C=C1\CCO[Si](C)(c2ccccc2)C1C. The first-order valence-corrected chi connectivity index (χ1v) is 11.1. The van der Waals surface area contributed by atoms with Crippen molar-refractivity contribution in [3.8, 4) is 0 Å². The second-order valence-corrected chi connectivity index (χ2v) is 10.4. The molecule has 2 unspecified atom stereocenters. The van der Waals surface area contributed by atoms with Gasteiger partial charge in [-0.3, -0.25) is 0 Å². The number of benzene rings is 1. The predicted octanol–water partition coefficient (Wildman–Crippen LogP) is 5.18. The molecular formula is C19H30OSi. The summed E-state index contributed by atoms with van der Waals surface area (Å²) in [6.45, 7) is 7.95. The summed E-state index contributed by atoms with van der Waals surface area (Å²) in [5.41, 5.74) is 2.25. The number of rotatable bonds is 6. The lowest BCUT2D eigenvalue weighted by atomic mass is 10.1. The zero-order valence-electron chi connectivity index (χ0n) is 13.9. The maximum atomic E-state index is 6.34. The van der Waals surface area contributed by atoms with Crippen LogP contribution in [0.25, 0.3) is 0 Å². The van der Waals surface area contributed by atoms with Gasteiger partial charge in [0.2, 0.25) is 8.32 Å².